The van der Waals surface area contributed by atoms with Crippen molar-refractivity contribution in [1.29, 1.82) is 0 Å². The molecule has 1 saturated heterocycles. The minimum atomic E-state index is 0.884. The van der Waals surface area contributed by atoms with Crippen LogP contribution in [0, 0.1) is 5.92 Å². The molecule has 2 nitrogen and oxygen atoms in total. The Hall–Kier alpha value is -0.0800. The topological polar surface area (TPSA) is 29.3 Å². The van der Waals surface area contributed by atoms with Gasteiger partial charge in [0.2, 0.25) is 0 Å². The zero-order valence-corrected chi connectivity index (χ0v) is 9.25. The van der Waals surface area contributed by atoms with Crippen LogP contribution in [0.2, 0.25) is 0 Å². The molecule has 0 aromatic heterocycles. The summed E-state index contributed by atoms with van der Waals surface area (Å²) in [6.07, 6.45) is 9.85. The molecule has 1 aliphatic heterocycles. The van der Waals surface area contributed by atoms with Crippen LogP contribution < -0.4 is 5.73 Å². The Kier molecular flexibility index (Phi) is 3.82. The Morgan fingerprint density at radius 3 is 2.50 bits per heavy atom. The maximum absolute atomic E-state index is 5.68. The summed E-state index contributed by atoms with van der Waals surface area (Å²) < 4.78 is 0. The molecule has 1 heterocycles. The van der Waals surface area contributed by atoms with Crippen molar-refractivity contribution in [2.75, 3.05) is 19.6 Å². The fourth-order valence-corrected chi connectivity index (χ4v) is 3.30. The molecule has 2 fully saturated rings. The summed E-state index contributed by atoms with van der Waals surface area (Å²) in [5, 5.41) is 0. The summed E-state index contributed by atoms with van der Waals surface area (Å²) in [4.78, 5) is 2.75. The van der Waals surface area contributed by atoms with Gasteiger partial charge in [-0.2, -0.15) is 0 Å². The van der Waals surface area contributed by atoms with Gasteiger partial charge in [-0.1, -0.05) is 12.8 Å². The van der Waals surface area contributed by atoms with Gasteiger partial charge >= 0.3 is 0 Å². The summed E-state index contributed by atoms with van der Waals surface area (Å²) >= 11 is 0. The highest BCUT2D eigenvalue weighted by Gasteiger charge is 2.31. The van der Waals surface area contributed by atoms with Crippen LogP contribution in [0.3, 0.4) is 0 Å². The van der Waals surface area contributed by atoms with Crippen LogP contribution in [0.15, 0.2) is 0 Å². The van der Waals surface area contributed by atoms with Gasteiger partial charge in [-0.15, -0.1) is 0 Å². The molecule has 0 bridgehead atoms. The van der Waals surface area contributed by atoms with Gasteiger partial charge in [-0.3, -0.25) is 0 Å². The fraction of sp³-hybridized carbons (Fsp3) is 1.00. The lowest BCUT2D eigenvalue weighted by Crippen LogP contribution is -2.41. The van der Waals surface area contributed by atoms with Crippen molar-refractivity contribution >= 4 is 0 Å². The lowest BCUT2D eigenvalue weighted by atomic mass is 9.96. The molecule has 0 amide bonds. The summed E-state index contributed by atoms with van der Waals surface area (Å²) in [6.45, 7) is 3.59. The molecular weight excluding hydrogens is 172 g/mol. The van der Waals surface area contributed by atoms with Gasteiger partial charge < -0.3 is 10.6 Å². The number of piperidine rings is 1. The molecular formula is C12H24N2. The maximum Gasteiger partial charge on any atom is 0.0124 e. The third-order valence-corrected chi connectivity index (χ3v) is 4.02. The fourth-order valence-electron chi connectivity index (χ4n) is 3.30. The van der Waals surface area contributed by atoms with Gasteiger partial charge in [0.15, 0.2) is 0 Å². The van der Waals surface area contributed by atoms with Crippen molar-refractivity contribution in [3.05, 3.63) is 0 Å². The molecule has 2 rings (SSSR count). The highest BCUT2D eigenvalue weighted by atomic mass is 15.2. The monoisotopic (exact) mass is 196 g/mol. The van der Waals surface area contributed by atoms with Crippen LogP contribution in [0.5, 0.6) is 0 Å². The lowest BCUT2D eigenvalue weighted by Gasteiger charge is -2.35. The van der Waals surface area contributed by atoms with Gasteiger partial charge in [0.1, 0.15) is 0 Å². The van der Waals surface area contributed by atoms with Crippen molar-refractivity contribution in [2.45, 2.75) is 51.0 Å². The molecule has 2 atom stereocenters. The first-order valence-electron chi connectivity index (χ1n) is 6.36. The van der Waals surface area contributed by atoms with E-state index in [1.165, 1.54) is 58.0 Å². The van der Waals surface area contributed by atoms with E-state index in [4.69, 9.17) is 5.73 Å². The number of nitrogens with two attached hydrogens (primary N) is 1. The molecule has 0 radical (unpaired) electrons. The van der Waals surface area contributed by atoms with E-state index in [0.717, 1.165) is 18.5 Å². The second-order valence-electron chi connectivity index (χ2n) is 4.93. The third kappa shape index (κ3) is 2.29. The maximum atomic E-state index is 5.68. The molecule has 2 N–H and O–H groups in total. The van der Waals surface area contributed by atoms with E-state index in [1.807, 2.05) is 0 Å². The van der Waals surface area contributed by atoms with Gasteiger partial charge in [0.25, 0.3) is 0 Å². The highest BCUT2D eigenvalue weighted by Crippen LogP contribution is 2.33. The SMILES string of the molecule is NCCC1CCCC1N1CCCCC1. The summed E-state index contributed by atoms with van der Waals surface area (Å²) in [5.74, 6) is 0.915. The Morgan fingerprint density at radius 2 is 1.79 bits per heavy atom. The standard InChI is InChI=1S/C12H24N2/c13-8-7-11-5-4-6-12(11)14-9-2-1-3-10-14/h11-12H,1-10,13H2. The van der Waals surface area contributed by atoms with Crippen LogP contribution in [0.1, 0.15) is 44.9 Å². The molecule has 2 aliphatic rings. The van der Waals surface area contributed by atoms with E-state index in [0.29, 0.717) is 0 Å². The number of hydrogen-bond donors (Lipinski definition) is 1. The van der Waals surface area contributed by atoms with Crippen LogP contribution in [0.4, 0.5) is 0 Å². The van der Waals surface area contributed by atoms with Crippen molar-refractivity contribution in [3.8, 4) is 0 Å². The van der Waals surface area contributed by atoms with Crippen LogP contribution in [0.25, 0.3) is 0 Å². The predicted molar refractivity (Wildman–Crippen MR) is 60.2 cm³/mol. The first-order chi connectivity index (χ1) is 6.92. The first-order valence-corrected chi connectivity index (χ1v) is 6.36. The zero-order valence-electron chi connectivity index (χ0n) is 9.25. The quantitative estimate of drug-likeness (QED) is 0.748. The second kappa shape index (κ2) is 5.13. The van der Waals surface area contributed by atoms with Gasteiger partial charge in [-0.05, 0) is 57.7 Å². The number of rotatable bonds is 3. The minimum Gasteiger partial charge on any atom is -0.330 e. The van der Waals surface area contributed by atoms with E-state index in [2.05, 4.69) is 4.90 Å². The van der Waals surface area contributed by atoms with Crippen molar-refractivity contribution in [3.63, 3.8) is 0 Å². The smallest absolute Gasteiger partial charge is 0.0124 e. The normalized spacial score (nSPS) is 34.9. The van der Waals surface area contributed by atoms with Gasteiger partial charge in [0, 0.05) is 6.04 Å². The van der Waals surface area contributed by atoms with E-state index < -0.39 is 0 Å². The second-order valence-corrected chi connectivity index (χ2v) is 4.93. The van der Waals surface area contributed by atoms with E-state index in [-0.39, 0.29) is 0 Å². The molecule has 2 unspecified atom stereocenters. The molecule has 14 heavy (non-hydrogen) atoms. The first kappa shape index (κ1) is 10.4. The van der Waals surface area contributed by atoms with Crippen molar-refractivity contribution in [1.82, 2.24) is 4.90 Å². The van der Waals surface area contributed by atoms with Crippen molar-refractivity contribution < 1.29 is 0 Å². The summed E-state index contributed by atoms with van der Waals surface area (Å²) in [6, 6.07) is 0.888. The average Bonchev–Trinajstić information content (AvgIpc) is 2.68. The van der Waals surface area contributed by atoms with Gasteiger partial charge in [-0.25, -0.2) is 0 Å². The summed E-state index contributed by atoms with van der Waals surface area (Å²) in [5.41, 5.74) is 5.68. The zero-order chi connectivity index (χ0) is 9.80. The molecule has 0 aromatic carbocycles. The molecule has 0 aromatic rings. The molecule has 0 spiro atoms. The molecule has 2 heteroatoms. The van der Waals surface area contributed by atoms with E-state index in [9.17, 15) is 0 Å². The number of likely N-dealkylation sites (tertiary alicyclic amines) is 1. The Labute approximate surface area is 87.8 Å². The number of hydrogen-bond acceptors (Lipinski definition) is 2. The molecule has 1 saturated carbocycles. The third-order valence-electron chi connectivity index (χ3n) is 4.02. The Morgan fingerprint density at radius 1 is 1.00 bits per heavy atom. The molecule has 1 aliphatic carbocycles. The number of nitrogens with zero attached hydrogens (tertiary/aromatic N) is 1. The van der Waals surface area contributed by atoms with Crippen LogP contribution in [-0.4, -0.2) is 30.6 Å². The lowest BCUT2D eigenvalue weighted by molar-refractivity contribution is 0.130. The molecule has 82 valence electrons. The Balaban J connectivity index is 1.87. The van der Waals surface area contributed by atoms with Crippen molar-refractivity contribution in [2.24, 2.45) is 11.7 Å². The van der Waals surface area contributed by atoms with Gasteiger partial charge in [0.05, 0.1) is 0 Å². The largest absolute Gasteiger partial charge is 0.330 e. The minimum absolute atomic E-state index is 0.884. The van der Waals surface area contributed by atoms with Crippen LogP contribution >= 0.6 is 0 Å². The predicted octanol–water partition coefficient (Wildman–Crippen LogP) is 1.99. The highest BCUT2D eigenvalue weighted by molar-refractivity contribution is 4.86. The average molecular weight is 196 g/mol. The van der Waals surface area contributed by atoms with E-state index >= 15 is 0 Å². The summed E-state index contributed by atoms with van der Waals surface area (Å²) in [7, 11) is 0. The van der Waals surface area contributed by atoms with Crippen LogP contribution in [-0.2, 0) is 0 Å². The Bertz CT molecular complexity index is 164. The van der Waals surface area contributed by atoms with E-state index in [1.54, 1.807) is 0 Å².